The zero-order valence-corrected chi connectivity index (χ0v) is 15.0. The summed E-state index contributed by atoms with van der Waals surface area (Å²) in [5, 5.41) is 8.01. The Balaban J connectivity index is 1.75. The highest BCUT2D eigenvalue weighted by Crippen LogP contribution is 2.26. The van der Waals surface area contributed by atoms with Crippen molar-refractivity contribution in [2.75, 3.05) is 7.05 Å². The second-order valence-electron chi connectivity index (χ2n) is 6.10. The van der Waals surface area contributed by atoms with Gasteiger partial charge in [-0.3, -0.25) is 0 Å². The molecule has 3 rings (SSSR count). The van der Waals surface area contributed by atoms with Gasteiger partial charge in [-0.25, -0.2) is 22.8 Å². The Bertz CT molecular complexity index is 813. The lowest BCUT2D eigenvalue weighted by molar-refractivity contribution is 0.344. The normalized spacial score (nSPS) is 19.0. The Kier molecular flexibility index (Phi) is 4.71. The molecule has 2 heterocycles. The number of aryl methyl sites for hydroxylation is 2. The molecule has 0 radical (unpaired) electrons. The van der Waals surface area contributed by atoms with E-state index in [0.717, 1.165) is 36.6 Å². The van der Waals surface area contributed by atoms with E-state index in [2.05, 4.69) is 27.0 Å². The standard InChI is InChI=1S/C16H23N5O2S/c1-11(13-6-8-14(9-7-13)24(22,23)17-3)18-15-5-4-10-21-16(15)19-12(2)20-21/h6-9,11,15,17-18H,4-5,10H2,1-3H3. The van der Waals surface area contributed by atoms with Gasteiger partial charge in [-0.1, -0.05) is 12.1 Å². The highest BCUT2D eigenvalue weighted by molar-refractivity contribution is 7.89. The molecule has 2 N–H and O–H groups in total. The van der Waals surface area contributed by atoms with E-state index in [4.69, 9.17) is 0 Å². The first-order chi connectivity index (χ1) is 11.4. The lowest BCUT2D eigenvalue weighted by atomic mass is 10.0. The molecule has 0 saturated heterocycles. The number of hydrogen-bond donors (Lipinski definition) is 2. The highest BCUT2D eigenvalue weighted by atomic mass is 32.2. The van der Waals surface area contributed by atoms with Crippen LogP contribution in [0.3, 0.4) is 0 Å². The number of rotatable bonds is 5. The lowest BCUT2D eigenvalue weighted by Crippen LogP contribution is -2.30. The second-order valence-corrected chi connectivity index (χ2v) is 7.99. The number of fused-ring (bicyclic) bond motifs is 1. The third-order valence-electron chi connectivity index (χ3n) is 4.39. The van der Waals surface area contributed by atoms with Gasteiger partial charge in [0.25, 0.3) is 0 Å². The van der Waals surface area contributed by atoms with Gasteiger partial charge in [0.2, 0.25) is 10.0 Å². The van der Waals surface area contributed by atoms with Crippen LogP contribution in [0, 0.1) is 6.92 Å². The maximum atomic E-state index is 11.8. The minimum absolute atomic E-state index is 0.0879. The molecule has 0 fully saturated rings. The fourth-order valence-corrected chi connectivity index (χ4v) is 3.81. The van der Waals surface area contributed by atoms with Crippen molar-refractivity contribution in [3.05, 3.63) is 41.5 Å². The van der Waals surface area contributed by atoms with Gasteiger partial charge in [-0.15, -0.1) is 0 Å². The molecule has 0 saturated carbocycles. The van der Waals surface area contributed by atoms with Crippen molar-refractivity contribution in [2.24, 2.45) is 0 Å². The van der Waals surface area contributed by atoms with Gasteiger partial charge in [-0.05, 0) is 51.4 Å². The van der Waals surface area contributed by atoms with Gasteiger partial charge in [0, 0.05) is 12.6 Å². The summed E-state index contributed by atoms with van der Waals surface area (Å²) in [5.74, 6) is 1.79. The van der Waals surface area contributed by atoms with Crippen LogP contribution >= 0.6 is 0 Å². The SMILES string of the molecule is CNS(=O)(=O)c1ccc(C(C)NC2CCCn3nc(C)nc32)cc1. The third-order valence-corrected chi connectivity index (χ3v) is 5.82. The minimum atomic E-state index is -3.40. The van der Waals surface area contributed by atoms with Crippen LogP contribution in [-0.4, -0.2) is 30.2 Å². The Morgan fingerprint density at radius 1 is 1.29 bits per heavy atom. The molecular formula is C16H23N5O2S. The van der Waals surface area contributed by atoms with Crippen LogP contribution in [0.2, 0.25) is 0 Å². The number of nitrogens with one attached hydrogen (secondary N) is 2. The van der Waals surface area contributed by atoms with Crippen molar-refractivity contribution in [3.8, 4) is 0 Å². The van der Waals surface area contributed by atoms with Crippen molar-refractivity contribution < 1.29 is 8.42 Å². The first-order valence-corrected chi connectivity index (χ1v) is 9.60. The Hall–Kier alpha value is -1.77. The molecule has 2 aromatic rings. The van der Waals surface area contributed by atoms with Crippen LogP contribution in [-0.2, 0) is 16.6 Å². The van der Waals surface area contributed by atoms with Gasteiger partial charge in [0.15, 0.2) is 0 Å². The molecule has 1 aromatic heterocycles. The number of hydrogen-bond acceptors (Lipinski definition) is 5. The molecule has 24 heavy (non-hydrogen) atoms. The molecule has 0 aliphatic carbocycles. The van der Waals surface area contributed by atoms with E-state index in [-0.39, 0.29) is 17.0 Å². The molecule has 8 heteroatoms. The molecule has 1 aliphatic rings. The summed E-state index contributed by atoms with van der Waals surface area (Å²) >= 11 is 0. The van der Waals surface area contributed by atoms with Gasteiger partial charge < -0.3 is 5.32 Å². The summed E-state index contributed by atoms with van der Waals surface area (Å²) in [6.07, 6.45) is 2.09. The van der Waals surface area contributed by atoms with Crippen molar-refractivity contribution in [1.29, 1.82) is 0 Å². The molecule has 0 spiro atoms. The zero-order chi connectivity index (χ0) is 17.3. The van der Waals surface area contributed by atoms with Crippen LogP contribution in [0.1, 0.15) is 49.1 Å². The Morgan fingerprint density at radius 3 is 2.67 bits per heavy atom. The van der Waals surface area contributed by atoms with Crippen molar-refractivity contribution in [3.63, 3.8) is 0 Å². The average molecular weight is 349 g/mol. The van der Waals surface area contributed by atoms with E-state index in [9.17, 15) is 8.42 Å². The van der Waals surface area contributed by atoms with Gasteiger partial charge in [0.05, 0.1) is 10.9 Å². The molecule has 1 aromatic carbocycles. The number of sulfonamides is 1. The zero-order valence-electron chi connectivity index (χ0n) is 14.2. The van der Waals surface area contributed by atoms with E-state index in [1.807, 2.05) is 23.7 Å². The first-order valence-electron chi connectivity index (χ1n) is 8.11. The number of benzene rings is 1. The van der Waals surface area contributed by atoms with Gasteiger partial charge >= 0.3 is 0 Å². The van der Waals surface area contributed by atoms with E-state index in [1.165, 1.54) is 7.05 Å². The summed E-state index contributed by atoms with van der Waals surface area (Å²) in [5.41, 5.74) is 1.04. The predicted octanol–water partition coefficient (Wildman–Crippen LogP) is 1.68. The maximum absolute atomic E-state index is 11.8. The van der Waals surface area contributed by atoms with Crippen LogP contribution in [0.15, 0.2) is 29.2 Å². The van der Waals surface area contributed by atoms with Crippen molar-refractivity contribution in [1.82, 2.24) is 24.8 Å². The van der Waals surface area contributed by atoms with E-state index in [0.29, 0.717) is 0 Å². The van der Waals surface area contributed by atoms with Crippen LogP contribution in [0.25, 0.3) is 0 Å². The summed E-state index contributed by atoms with van der Waals surface area (Å²) in [4.78, 5) is 4.81. The molecule has 7 nitrogen and oxygen atoms in total. The number of nitrogens with zero attached hydrogens (tertiary/aromatic N) is 3. The van der Waals surface area contributed by atoms with Gasteiger partial charge in [0.1, 0.15) is 11.6 Å². The maximum Gasteiger partial charge on any atom is 0.240 e. The van der Waals surface area contributed by atoms with E-state index in [1.54, 1.807) is 12.1 Å². The van der Waals surface area contributed by atoms with Gasteiger partial charge in [-0.2, -0.15) is 5.10 Å². The minimum Gasteiger partial charge on any atom is -0.301 e. The van der Waals surface area contributed by atoms with Crippen LogP contribution in [0.5, 0.6) is 0 Å². The fraction of sp³-hybridized carbons (Fsp3) is 0.500. The first kappa shape index (κ1) is 17.1. The van der Waals surface area contributed by atoms with Crippen LogP contribution < -0.4 is 10.0 Å². The molecule has 130 valence electrons. The molecule has 0 bridgehead atoms. The van der Waals surface area contributed by atoms with Crippen LogP contribution in [0.4, 0.5) is 0 Å². The van der Waals surface area contributed by atoms with Crippen molar-refractivity contribution >= 4 is 10.0 Å². The second kappa shape index (κ2) is 6.62. The van der Waals surface area contributed by atoms with E-state index >= 15 is 0 Å². The molecule has 2 atom stereocenters. The largest absolute Gasteiger partial charge is 0.301 e. The molecule has 2 unspecified atom stereocenters. The summed E-state index contributed by atoms with van der Waals surface area (Å²) in [7, 11) is -1.99. The number of aromatic nitrogens is 3. The summed E-state index contributed by atoms with van der Waals surface area (Å²) < 4.78 is 27.9. The van der Waals surface area contributed by atoms with Crippen molar-refractivity contribution in [2.45, 2.75) is 50.2 Å². The highest BCUT2D eigenvalue weighted by Gasteiger charge is 2.25. The van der Waals surface area contributed by atoms with E-state index < -0.39 is 10.0 Å². The summed E-state index contributed by atoms with van der Waals surface area (Å²) in [6, 6.07) is 7.21. The lowest BCUT2D eigenvalue weighted by Gasteiger charge is -2.26. The average Bonchev–Trinajstić information content (AvgIpc) is 2.96. The molecule has 0 amide bonds. The quantitative estimate of drug-likeness (QED) is 0.857. The smallest absolute Gasteiger partial charge is 0.240 e. The topological polar surface area (TPSA) is 88.9 Å². The third kappa shape index (κ3) is 3.35. The Morgan fingerprint density at radius 2 is 2.00 bits per heavy atom. The molecule has 1 aliphatic heterocycles. The summed E-state index contributed by atoms with van der Waals surface area (Å²) in [6.45, 7) is 4.90. The predicted molar refractivity (Wildman–Crippen MR) is 91.0 cm³/mol. The molecular weight excluding hydrogens is 326 g/mol. The monoisotopic (exact) mass is 349 g/mol. The Labute approximate surface area is 142 Å². The fourth-order valence-electron chi connectivity index (χ4n) is 3.08.